The van der Waals surface area contributed by atoms with E-state index in [0.717, 1.165) is 24.4 Å². The molecular weight excluding hydrogens is 288 g/mol. The van der Waals surface area contributed by atoms with Crippen LogP contribution in [0.5, 0.6) is 0 Å². The highest BCUT2D eigenvalue weighted by molar-refractivity contribution is 5.83. The molecule has 0 radical (unpaired) electrons. The fourth-order valence-corrected chi connectivity index (χ4v) is 2.65. The number of hydrogen-bond acceptors (Lipinski definition) is 3. The summed E-state index contributed by atoms with van der Waals surface area (Å²) in [6, 6.07) is 7.79. The third kappa shape index (κ3) is 4.42. The van der Waals surface area contributed by atoms with Crippen LogP contribution in [0.2, 0.25) is 0 Å². The number of likely N-dealkylation sites (N-methyl/N-ethyl adjacent to an activating group) is 1. The molecule has 5 nitrogen and oxygen atoms in total. The van der Waals surface area contributed by atoms with Gasteiger partial charge in [-0.1, -0.05) is 36.8 Å². The van der Waals surface area contributed by atoms with Crippen molar-refractivity contribution in [1.29, 1.82) is 0 Å². The predicted octanol–water partition coefficient (Wildman–Crippen LogP) is 2.52. The van der Waals surface area contributed by atoms with Gasteiger partial charge in [0.1, 0.15) is 11.9 Å². The Bertz CT molecular complexity index is 631. The highest BCUT2D eigenvalue weighted by Crippen LogP contribution is 2.19. The van der Waals surface area contributed by atoms with Gasteiger partial charge in [-0.05, 0) is 33.0 Å². The van der Waals surface area contributed by atoms with Crippen LogP contribution in [0.4, 0.5) is 0 Å². The molecule has 0 aliphatic carbocycles. The molecule has 1 unspecified atom stereocenters. The topological polar surface area (TPSA) is 50.2 Å². The molecule has 0 saturated heterocycles. The molecule has 1 atom stereocenters. The molecule has 0 spiro atoms. The van der Waals surface area contributed by atoms with Gasteiger partial charge in [-0.3, -0.25) is 9.69 Å². The minimum absolute atomic E-state index is 0.00935. The molecule has 1 heterocycles. The van der Waals surface area contributed by atoms with E-state index in [2.05, 4.69) is 21.8 Å². The zero-order chi connectivity index (χ0) is 16.8. The molecule has 1 N–H and O–H groups in total. The van der Waals surface area contributed by atoms with Gasteiger partial charge < -0.3 is 9.88 Å². The van der Waals surface area contributed by atoms with Crippen LogP contribution >= 0.6 is 0 Å². The van der Waals surface area contributed by atoms with Crippen LogP contribution < -0.4 is 5.32 Å². The van der Waals surface area contributed by atoms with Gasteiger partial charge in [0.2, 0.25) is 5.91 Å². The summed E-state index contributed by atoms with van der Waals surface area (Å²) >= 11 is 0. The number of carbonyl (C=O) groups is 1. The molecule has 1 amide bonds. The highest BCUT2D eigenvalue weighted by Gasteiger charge is 2.22. The number of rotatable bonds is 7. The van der Waals surface area contributed by atoms with E-state index in [9.17, 15) is 4.79 Å². The maximum Gasteiger partial charge on any atom is 0.242 e. The zero-order valence-corrected chi connectivity index (χ0v) is 14.4. The van der Waals surface area contributed by atoms with Crippen molar-refractivity contribution in [3.05, 3.63) is 53.6 Å². The lowest BCUT2D eigenvalue weighted by molar-refractivity contribution is -0.126. The molecule has 0 bridgehead atoms. The molecule has 2 rings (SSSR count). The van der Waals surface area contributed by atoms with Gasteiger partial charge in [0.25, 0.3) is 0 Å². The number of carbonyl (C=O) groups excluding carboxylic acids is 1. The van der Waals surface area contributed by atoms with Gasteiger partial charge in [-0.15, -0.1) is 0 Å². The van der Waals surface area contributed by atoms with Gasteiger partial charge in [-0.25, -0.2) is 4.98 Å². The summed E-state index contributed by atoms with van der Waals surface area (Å²) in [6.45, 7) is 5.53. The summed E-state index contributed by atoms with van der Waals surface area (Å²) in [4.78, 5) is 18.9. The summed E-state index contributed by atoms with van der Waals surface area (Å²) < 4.78 is 2.08. The molecule has 0 saturated carbocycles. The first-order valence-electron chi connectivity index (χ1n) is 8.03. The molecular formula is C18H26N4O. The number of amides is 1. The van der Waals surface area contributed by atoms with Gasteiger partial charge in [0, 0.05) is 18.9 Å². The number of aromatic nitrogens is 2. The van der Waals surface area contributed by atoms with Gasteiger partial charge in [-0.2, -0.15) is 0 Å². The van der Waals surface area contributed by atoms with E-state index in [1.54, 1.807) is 6.20 Å². The number of nitrogens with zero attached hydrogens (tertiary/aromatic N) is 3. The Labute approximate surface area is 138 Å². The van der Waals surface area contributed by atoms with Crippen LogP contribution in [0, 0.1) is 6.92 Å². The van der Waals surface area contributed by atoms with E-state index in [1.165, 1.54) is 5.56 Å². The lowest BCUT2D eigenvalue weighted by atomic mass is 10.0. The number of hydrogen-bond donors (Lipinski definition) is 1. The summed E-state index contributed by atoms with van der Waals surface area (Å²) in [7, 11) is 3.84. The third-order valence-electron chi connectivity index (χ3n) is 3.84. The highest BCUT2D eigenvalue weighted by atomic mass is 16.2. The van der Waals surface area contributed by atoms with Crippen molar-refractivity contribution in [2.24, 2.45) is 0 Å². The summed E-state index contributed by atoms with van der Waals surface area (Å²) in [6.07, 6.45) is 4.77. The maximum atomic E-state index is 12.6. The monoisotopic (exact) mass is 314 g/mol. The van der Waals surface area contributed by atoms with Crippen molar-refractivity contribution in [3.8, 4) is 0 Å². The van der Waals surface area contributed by atoms with Gasteiger partial charge >= 0.3 is 0 Å². The average molecular weight is 314 g/mol. The zero-order valence-electron chi connectivity index (χ0n) is 14.4. The minimum atomic E-state index is -0.301. The van der Waals surface area contributed by atoms with E-state index in [0.29, 0.717) is 6.54 Å². The number of aryl methyl sites for hydroxylation is 2. The second kappa shape index (κ2) is 7.92. The lowest BCUT2D eigenvalue weighted by Crippen LogP contribution is -2.37. The van der Waals surface area contributed by atoms with Crippen molar-refractivity contribution >= 4 is 5.91 Å². The Morgan fingerprint density at radius 3 is 2.61 bits per heavy atom. The Balaban J connectivity index is 2.07. The standard InChI is InChI=1S/C18H26N4O/c1-5-11-22-12-10-19-16(22)13-20-18(23)17(21(3)4)15-8-6-14(2)7-9-15/h6-10,12,17H,5,11,13H2,1-4H3,(H,20,23). The van der Waals surface area contributed by atoms with E-state index in [-0.39, 0.29) is 11.9 Å². The summed E-state index contributed by atoms with van der Waals surface area (Å²) in [5.41, 5.74) is 2.18. The predicted molar refractivity (Wildman–Crippen MR) is 92.0 cm³/mol. The number of benzene rings is 1. The van der Waals surface area contributed by atoms with E-state index in [1.807, 2.05) is 56.4 Å². The van der Waals surface area contributed by atoms with Gasteiger partial charge in [0.05, 0.1) is 6.54 Å². The van der Waals surface area contributed by atoms with Crippen LogP contribution in [0.15, 0.2) is 36.7 Å². The molecule has 0 aliphatic rings. The van der Waals surface area contributed by atoms with Crippen molar-refractivity contribution in [2.75, 3.05) is 14.1 Å². The van der Waals surface area contributed by atoms with Gasteiger partial charge in [0.15, 0.2) is 0 Å². The Morgan fingerprint density at radius 1 is 1.30 bits per heavy atom. The summed E-state index contributed by atoms with van der Waals surface area (Å²) in [5, 5.41) is 3.01. The second-order valence-electron chi connectivity index (χ2n) is 6.03. The SMILES string of the molecule is CCCn1ccnc1CNC(=O)C(c1ccc(C)cc1)N(C)C. The minimum Gasteiger partial charge on any atom is -0.347 e. The van der Waals surface area contributed by atoms with E-state index in [4.69, 9.17) is 0 Å². The van der Waals surface area contributed by atoms with Crippen LogP contribution in [0.3, 0.4) is 0 Å². The van der Waals surface area contributed by atoms with Crippen LogP contribution in [-0.4, -0.2) is 34.5 Å². The smallest absolute Gasteiger partial charge is 0.242 e. The molecule has 2 aromatic rings. The third-order valence-corrected chi connectivity index (χ3v) is 3.84. The van der Waals surface area contributed by atoms with Crippen LogP contribution in [0.25, 0.3) is 0 Å². The molecule has 23 heavy (non-hydrogen) atoms. The first-order valence-corrected chi connectivity index (χ1v) is 8.03. The maximum absolute atomic E-state index is 12.6. The van der Waals surface area contributed by atoms with E-state index >= 15 is 0 Å². The Hall–Kier alpha value is -2.14. The van der Waals surface area contributed by atoms with Crippen molar-refractivity contribution in [3.63, 3.8) is 0 Å². The fraction of sp³-hybridized carbons (Fsp3) is 0.444. The quantitative estimate of drug-likeness (QED) is 0.854. The van der Waals surface area contributed by atoms with Crippen molar-refractivity contribution in [2.45, 2.75) is 39.4 Å². The fourth-order valence-electron chi connectivity index (χ4n) is 2.65. The molecule has 124 valence electrons. The lowest BCUT2D eigenvalue weighted by Gasteiger charge is -2.24. The molecule has 1 aromatic heterocycles. The first kappa shape index (κ1) is 17.2. The summed E-state index contributed by atoms with van der Waals surface area (Å²) in [5.74, 6) is 0.881. The Morgan fingerprint density at radius 2 is 2.00 bits per heavy atom. The van der Waals surface area contributed by atoms with Crippen molar-refractivity contribution in [1.82, 2.24) is 19.8 Å². The largest absolute Gasteiger partial charge is 0.347 e. The number of nitrogens with one attached hydrogen (secondary N) is 1. The second-order valence-corrected chi connectivity index (χ2v) is 6.03. The first-order chi connectivity index (χ1) is 11.0. The Kier molecular flexibility index (Phi) is 5.93. The molecule has 0 fully saturated rings. The average Bonchev–Trinajstić information content (AvgIpc) is 2.95. The molecule has 1 aromatic carbocycles. The normalized spacial score (nSPS) is 12.4. The molecule has 0 aliphatic heterocycles. The molecule has 5 heteroatoms. The van der Waals surface area contributed by atoms with Crippen LogP contribution in [0.1, 0.15) is 36.3 Å². The van der Waals surface area contributed by atoms with Crippen LogP contribution in [-0.2, 0) is 17.9 Å². The number of imidazole rings is 1. The van der Waals surface area contributed by atoms with E-state index < -0.39 is 0 Å². The van der Waals surface area contributed by atoms with Crippen molar-refractivity contribution < 1.29 is 4.79 Å².